The van der Waals surface area contributed by atoms with Crippen molar-refractivity contribution in [1.29, 1.82) is 0 Å². The second-order valence-corrected chi connectivity index (χ2v) is 8.54. The molecule has 3 atom stereocenters. The Labute approximate surface area is 199 Å². The highest BCUT2D eigenvalue weighted by Gasteiger charge is 2.34. The first kappa shape index (κ1) is 23.0. The molecule has 0 aromatic carbocycles. The summed E-state index contributed by atoms with van der Waals surface area (Å²) in [6, 6.07) is 2.57. The number of fused-ring (bicyclic) bond motifs is 7. The number of halogens is 3. The second kappa shape index (κ2) is 8.79. The van der Waals surface area contributed by atoms with E-state index in [9.17, 15) is 13.2 Å². The van der Waals surface area contributed by atoms with Gasteiger partial charge in [-0.2, -0.15) is 5.10 Å². The molecule has 1 aliphatic heterocycles. The predicted octanol–water partition coefficient (Wildman–Crippen LogP) is 4.64. The monoisotopic (exact) mass is 486 g/mol. The van der Waals surface area contributed by atoms with Crippen LogP contribution in [0.1, 0.15) is 43.3 Å². The SMILES string of the molecule is CCn1nc(OC)c2c1-c1cnc(N)c(c1)OC(C)C1C=C(F)C=CC1n1nc(C(F)F)cc1C2. The highest BCUT2D eigenvalue weighted by Crippen LogP contribution is 2.40. The Morgan fingerprint density at radius 1 is 1.29 bits per heavy atom. The molecule has 0 fully saturated rings. The fourth-order valence-electron chi connectivity index (χ4n) is 4.76. The van der Waals surface area contributed by atoms with Gasteiger partial charge in [-0.25, -0.2) is 18.2 Å². The molecule has 3 aromatic heterocycles. The van der Waals surface area contributed by atoms with Crippen LogP contribution in [0.4, 0.5) is 19.0 Å². The Morgan fingerprint density at radius 3 is 2.80 bits per heavy atom. The molecule has 3 aromatic rings. The number of allylic oxidation sites excluding steroid dienone is 3. The summed E-state index contributed by atoms with van der Waals surface area (Å²) in [5.74, 6) is -0.114. The van der Waals surface area contributed by atoms with Gasteiger partial charge in [0.1, 0.15) is 17.6 Å². The van der Waals surface area contributed by atoms with Crippen LogP contribution in [0, 0.1) is 5.92 Å². The van der Waals surface area contributed by atoms with Crippen LogP contribution in [0.2, 0.25) is 0 Å². The van der Waals surface area contributed by atoms with Gasteiger partial charge in [-0.1, -0.05) is 6.08 Å². The lowest BCUT2D eigenvalue weighted by molar-refractivity contribution is 0.137. The number of ether oxygens (including phenoxy) is 2. The molecule has 0 saturated carbocycles. The number of hydrogen-bond donors (Lipinski definition) is 1. The summed E-state index contributed by atoms with van der Waals surface area (Å²) in [5, 5.41) is 8.79. The largest absolute Gasteiger partial charge is 0.486 e. The fraction of sp³-hybridized carbons (Fsp3) is 0.375. The Bertz CT molecular complexity index is 1330. The van der Waals surface area contributed by atoms with Gasteiger partial charge >= 0.3 is 0 Å². The number of anilines is 1. The van der Waals surface area contributed by atoms with Crippen molar-refractivity contribution < 1.29 is 22.6 Å². The van der Waals surface area contributed by atoms with Gasteiger partial charge in [-0.05, 0) is 38.1 Å². The zero-order valence-corrected chi connectivity index (χ0v) is 19.5. The smallest absolute Gasteiger partial charge is 0.282 e. The van der Waals surface area contributed by atoms with Crippen LogP contribution in [0.25, 0.3) is 11.3 Å². The molecule has 0 amide bonds. The second-order valence-electron chi connectivity index (χ2n) is 8.54. The molecule has 2 N–H and O–H groups in total. The molecule has 2 bridgehead atoms. The van der Waals surface area contributed by atoms with E-state index in [1.54, 1.807) is 29.9 Å². The maximum atomic E-state index is 14.3. The molecule has 3 unspecified atom stereocenters. The van der Waals surface area contributed by atoms with Gasteiger partial charge in [0, 0.05) is 41.9 Å². The van der Waals surface area contributed by atoms with Gasteiger partial charge in [0.15, 0.2) is 11.6 Å². The maximum absolute atomic E-state index is 14.3. The minimum Gasteiger partial charge on any atom is -0.486 e. The zero-order valence-electron chi connectivity index (χ0n) is 19.5. The van der Waals surface area contributed by atoms with E-state index in [0.717, 1.165) is 0 Å². The Balaban J connectivity index is 1.79. The van der Waals surface area contributed by atoms with Crippen molar-refractivity contribution in [3.8, 4) is 22.9 Å². The first-order valence-corrected chi connectivity index (χ1v) is 11.3. The number of methoxy groups -OCH3 is 1. The van der Waals surface area contributed by atoms with Crippen molar-refractivity contribution in [2.24, 2.45) is 5.92 Å². The predicted molar refractivity (Wildman–Crippen MR) is 123 cm³/mol. The van der Waals surface area contributed by atoms with Crippen molar-refractivity contribution in [1.82, 2.24) is 24.5 Å². The summed E-state index contributed by atoms with van der Waals surface area (Å²) < 4.78 is 56.9. The number of hydrogen-bond acceptors (Lipinski definition) is 6. The third-order valence-corrected chi connectivity index (χ3v) is 6.41. The normalized spacial score (nSPS) is 21.2. The molecule has 2 aliphatic rings. The molecule has 4 heterocycles. The van der Waals surface area contributed by atoms with Crippen LogP contribution in [0.5, 0.6) is 11.6 Å². The molecular weight excluding hydrogens is 461 g/mol. The third-order valence-electron chi connectivity index (χ3n) is 6.41. The molecular formula is C24H25F3N6O2. The first-order chi connectivity index (χ1) is 16.8. The molecule has 184 valence electrons. The van der Waals surface area contributed by atoms with Crippen LogP contribution in [-0.2, 0) is 13.0 Å². The van der Waals surface area contributed by atoms with Gasteiger partial charge < -0.3 is 15.2 Å². The highest BCUT2D eigenvalue weighted by atomic mass is 19.3. The Hall–Kier alpha value is -3.76. The molecule has 0 saturated heterocycles. The van der Waals surface area contributed by atoms with E-state index in [1.807, 2.05) is 6.92 Å². The fourth-order valence-corrected chi connectivity index (χ4v) is 4.76. The lowest BCUT2D eigenvalue weighted by Gasteiger charge is -2.32. The van der Waals surface area contributed by atoms with Crippen molar-refractivity contribution >= 4 is 5.82 Å². The highest BCUT2D eigenvalue weighted by molar-refractivity contribution is 5.69. The molecule has 5 rings (SSSR count). The van der Waals surface area contributed by atoms with Crippen molar-refractivity contribution in [2.45, 2.75) is 45.4 Å². The van der Waals surface area contributed by atoms with E-state index in [0.29, 0.717) is 40.7 Å². The number of nitrogens with zero attached hydrogens (tertiary/aromatic N) is 5. The van der Waals surface area contributed by atoms with E-state index in [-0.39, 0.29) is 17.9 Å². The standard InChI is InChI=1S/C24H25F3N6O2/c1-4-32-21-13-7-20(23(28)29-11-13)35-12(2)16-8-14(25)5-6-19(16)33-15(10-18(30-33)22(26)27)9-17(21)24(31-32)34-3/h5-8,10-12,16,19,22H,4,9H2,1-3H3,(H2,28,29). The average molecular weight is 486 g/mol. The lowest BCUT2D eigenvalue weighted by Crippen LogP contribution is -2.33. The van der Waals surface area contributed by atoms with Crippen molar-refractivity contribution in [2.75, 3.05) is 12.8 Å². The van der Waals surface area contributed by atoms with E-state index >= 15 is 0 Å². The topological polar surface area (TPSA) is 93.0 Å². The average Bonchev–Trinajstić information content (AvgIpc) is 3.41. The summed E-state index contributed by atoms with van der Waals surface area (Å²) in [6.07, 6.45) is 2.81. The van der Waals surface area contributed by atoms with E-state index in [1.165, 1.54) is 30.0 Å². The molecule has 0 radical (unpaired) electrons. The summed E-state index contributed by atoms with van der Waals surface area (Å²) >= 11 is 0. The first-order valence-electron chi connectivity index (χ1n) is 11.3. The van der Waals surface area contributed by atoms with Gasteiger partial charge in [-0.15, -0.1) is 5.10 Å². The minimum absolute atomic E-state index is 0.181. The van der Waals surface area contributed by atoms with Crippen LogP contribution >= 0.6 is 0 Å². The number of nitrogen functional groups attached to an aromatic ring is 1. The number of nitrogens with two attached hydrogens (primary N) is 1. The number of pyridine rings is 1. The summed E-state index contributed by atoms with van der Waals surface area (Å²) in [6.45, 7) is 4.24. The number of aromatic nitrogens is 5. The van der Waals surface area contributed by atoms with Crippen LogP contribution < -0.4 is 15.2 Å². The number of rotatable bonds is 3. The van der Waals surface area contributed by atoms with Gasteiger partial charge in [0.05, 0.1) is 18.8 Å². The molecule has 35 heavy (non-hydrogen) atoms. The van der Waals surface area contributed by atoms with Crippen molar-refractivity contribution in [3.63, 3.8) is 0 Å². The van der Waals surface area contributed by atoms with Crippen molar-refractivity contribution in [3.05, 3.63) is 59.3 Å². The Morgan fingerprint density at radius 2 is 2.09 bits per heavy atom. The van der Waals surface area contributed by atoms with Crippen LogP contribution in [-0.4, -0.2) is 37.8 Å². The summed E-state index contributed by atoms with van der Waals surface area (Å²) in [4.78, 5) is 4.31. The third kappa shape index (κ3) is 3.94. The molecule has 8 nitrogen and oxygen atoms in total. The summed E-state index contributed by atoms with van der Waals surface area (Å²) in [5.41, 5.74) is 8.34. The van der Waals surface area contributed by atoms with Gasteiger partial charge in [0.25, 0.3) is 6.43 Å². The van der Waals surface area contributed by atoms with Gasteiger partial charge in [-0.3, -0.25) is 9.36 Å². The quantitative estimate of drug-likeness (QED) is 0.580. The minimum atomic E-state index is -2.77. The molecule has 1 aliphatic carbocycles. The van der Waals surface area contributed by atoms with Crippen LogP contribution in [0.15, 0.2) is 42.4 Å². The van der Waals surface area contributed by atoms with E-state index < -0.39 is 30.3 Å². The van der Waals surface area contributed by atoms with E-state index in [2.05, 4.69) is 15.2 Å². The van der Waals surface area contributed by atoms with Gasteiger partial charge in [0.2, 0.25) is 5.88 Å². The van der Waals surface area contributed by atoms with Crippen LogP contribution in [0.3, 0.4) is 0 Å². The Kier molecular flexibility index (Phi) is 5.78. The number of aryl methyl sites for hydroxylation is 1. The number of alkyl halides is 2. The zero-order chi connectivity index (χ0) is 24.9. The molecule has 0 spiro atoms. The van der Waals surface area contributed by atoms with E-state index in [4.69, 9.17) is 15.2 Å². The summed E-state index contributed by atoms with van der Waals surface area (Å²) in [7, 11) is 1.51. The molecule has 11 heteroatoms. The maximum Gasteiger partial charge on any atom is 0.282 e. The lowest BCUT2D eigenvalue weighted by atomic mass is 9.89.